The summed E-state index contributed by atoms with van der Waals surface area (Å²) in [6.45, 7) is 13.1. The van der Waals surface area contributed by atoms with Crippen molar-refractivity contribution in [2.45, 2.75) is 83.2 Å². The SMILES string of the molecule is C=N/N=C(/[C@@H](CC(=O)O)c1ccc(OCc2ccc3c(c2)C(CC)(CC)CCC3(C)C)cc1)N(C)N. The Labute approximate surface area is 215 Å². The second kappa shape index (κ2) is 11.2. The first-order valence-electron chi connectivity index (χ1n) is 12.7. The fourth-order valence-corrected chi connectivity index (χ4v) is 5.47. The van der Waals surface area contributed by atoms with Crippen molar-refractivity contribution in [3.05, 3.63) is 64.7 Å². The molecule has 0 aliphatic heterocycles. The van der Waals surface area contributed by atoms with Crippen LogP contribution in [0.25, 0.3) is 0 Å². The summed E-state index contributed by atoms with van der Waals surface area (Å²) in [5.74, 6) is 5.41. The van der Waals surface area contributed by atoms with Crippen LogP contribution in [0.2, 0.25) is 0 Å². The number of hydrazine groups is 1. The number of benzene rings is 2. The van der Waals surface area contributed by atoms with Crippen LogP contribution < -0.4 is 10.6 Å². The Hall–Kier alpha value is -3.19. The number of fused-ring (bicyclic) bond motifs is 1. The molecule has 3 rings (SSSR count). The van der Waals surface area contributed by atoms with Gasteiger partial charge in [-0.1, -0.05) is 58.0 Å². The highest BCUT2D eigenvalue weighted by atomic mass is 16.5. The number of ether oxygens (including phenoxy) is 1. The molecule has 36 heavy (non-hydrogen) atoms. The zero-order valence-corrected chi connectivity index (χ0v) is 22.3. The van der Waals surface area contributed by atoms with Crippen LogP contribution in [0, 0.1) is 0 Å². The van der Waals surface area contributed by atoms with Gasteiger partial charge in [-0.2, -0.15) is 5.10 Å². The Kier molecular flexibility index (Phi) is 8.56. The molecule has 2 aromatic rings. The zero-order valence-electron chi connectivity index (χ0n) is 22.3. The Morgan fingerprint density at radius 2 is 1.81 bits per heavy atom. The van der Waals surface area contributed by atoms with Crippen molar-refractivity contribution in [2.75, 3.05) is 7.05 Å². The molecular formula is C29H40N4O3. The molecular weight excluding hydrogens is 452 g/mol. The van der Waals surface area contributed by atoms with Crippen LogP contribution in [0.15, 0.2) is 52.7 Å². The smallest absolute Gasteiger partial charge is 0.304 e. The molecule has 0 unspecified atom stereocenters. The van der Waals surface area contributed by atoms with Crippen LogP contribution in [0.5, 0.6) is 5.75 Å². The molecule has 0 aromatic heterocycles. The van der Waals surface area contributed by atoms with Crippen LogP contribution in [-0.4, -0.2) is 35.7 Å². The summed E-state index contributed by atoms with van der Waals surface area (Å²) in [6, 6.07) is 14.2. The second-order valence-corrected chi connectivity index (χ2v) is 10.5. The normalized spacial score (nSPS) is 17.1. The maximum atomic E-state index is 11.5. The van der Waals surface area contributed by atoms with Gasteiger partial charge in [0, 0.05) is 13.8 Å². The number of hydrogen-bond donors (Lipinski definition) is 2. The summed E-state index contributed by atoms with van der Waals surface area (Å²) in [6.07, 6.45) is 4.54. The summed E-state index contributed by atoms with van der Waals surface area (Å²) in [5, 5.41) is 18.2. The average molecular weight is 493 g/mol. The molecule has 0 amide bonds. The van der Waals surface area contributed by atoms with E-state index in [2.05, 4.69) is 62.8 Å². The van der Waals surface area contributed by atoms with Gasteiger partial charge in [0.1, 0.15) is 18.2 Å². The van der Waals surface area contributed by atoms with Gasteiger partial charge in [-0.05, 0) is 70.9 Å². The quantitative estimate of drug-likeness (QED) is 0.190. The maximum absolute atomic E-state index is 11.5. The van der Waals surface area contributed by atoms with E-state index in [0.717, 1.165) is 24.0 Å². The Morgan fingerprint density at radius 1 is 1.14 bits per heavy atom. The van der Waals surface area contributed by atoms with Gasteiger partial charge < -0.3 is 9.84 Å². The molecule has 0 spiro atoms. The maximum Gasteiger partial charge on any atom is 0.304 e. The lowest BCUT2D eigenvalue weighted by Gasteiger charge is -2.45. The number of likely N-dealkylation sites (N-methyl/N-ethyl adjacent to an activating group) is 1. The van der Waals surface area contributed by atoms with E-state index in [1.165, 1.54) is 29.0 Å². The Morgan fingerprint density at radius 3 is 2.36 bits per heavy atom. The third kappa shape index (κ3) is 5.78. The van der Waals surface area contributed by atoms with E-state index in [9.17, 15) is 9.90 Å². The number of amidine groups is 1. The van der Waals surface area contributed by atoms with Gasteiger partial charge in [0.15, 0.2) is 0 Å². The Balaban J connectivity index is 1.81. The van der Waals surface area contributed by atoms with E-state index in [1.807, 2.05) is 24.3 Å². The molecule has 1 aliphatic carbocycles. The summed E-state index contributed by atoms with van der Waals surface area (Å²) >= 11 is 0. The highest BCUT2D eigenvalue weighted by Crippen LogP contribution is 2.49. The number of aliphatic carboxylic acids is 1. The van der Waals surface area contributed by atoms with Crippen molar-refractivity contribution in [2.24, 2.45) is 16.0 Å². The molecule has 2 aromatic carbocycles. The fraction of sp³-hybridized carbons (Fsp3) is 0.483. The van der Waals surface area contributed by atoms with Gasteiger partial charge in [0.05, 0.1) is 12.3 Å². The molecule has 0 saturated heterocycles. The molecule has 3 N–H and O–H groups in total. The zero-order chi connectivity index (χ0) is 26.5. The van der Waals surface area contributed by atoms with E-state index >= 15 is 0 Å². The molecule has 0 bridgehead atoms. The van der Waals surface area contributed by atoms with E-state index in [1.54, 1.807) is 7.05 Å². The van der Waals surface area contributed by atoms with Gasteiger partial charge in [0.2, 0.25) is 0 Å². The molecule has 0 heterocycles. The number of nitrogens with two attached hydrogens (primary N) is 1. The number of rotatable bonds is 10. The average Bonchev–Trinajstić information content (AvgIpc) is 2.85. The highest BCUT2D eigenvalue weighted by Gasteiger charge is 2.40. The summed E-state index contributed by atoms with van der Waals surface area (Å²) in [7, 11) is 1.60. The van der Waals surface area contributed by atoms with Crippen LogP contribution in [0.4, 0.5) is 0 Å². The van der Waals surface area contributed by atoms with Gasteiger partial charge in [-0.3, -0.25) is 9.80 Å². The van der Waals surface area contributed by atoms with Crippen LogP contribution in [-0.2, 0) is 22.2 Å². The minimum absolute atomic E-state index is 0.168. The summed E-state index contributed by atoms with van der Waals surface area (Å²) in [5.41, 5.74) is 5.28. The van der Waals surface area contributed by atoms with Gasteiger partial charge in [0.25, 0.3) is 0 Å². The van der Waals surface area contributed by atoms with E-state index < -0.39 is 11.9 Å². The minimum atomic E-state index is -0.954. The third-order valence-corrected chi connectivity index (χ3v) is 7.88. The largest absolute Gasteiger partial charge is 0.489 e. The second-order valence-electron chi connectivity index (χ2n) is 10.5. The van der Waals surface area contributed by atoms with Gasteiger partial charge in [-0.15, -0.1) is 5.10 Å². The van der Waals surface area contributed by atoms with Crippen molar-refractivity contribution in [1.82, 2.24) is 5.01 Å². The summed E-state index contributed by atoms with van der Waals surface area (Å²) < 4.78 is 6.13. The number of carboxylic acid groups (broad SMARTS) is 1. The molecule has 7 heteroatoms. The highest BCUT2D eigenvalue weighted by molar-refractivity contribution is 5.91. The van der Waals surface area contributed by atoms with Crippen molar-refractivity contribution in [1.29, 1.82) is 0 Å². The number of carbonyl (C=O) groups is 1. The molecule has 0 radical (unpaired) electrons. The van der Waals surface area contributed by atoms with Crippen LogP contribution in [0.1, 0.15) is 88.0 Å². The fourth-order valence-electron chi connectivity index (χ4n) is 5.47. The predicted molar refractivity (Wildman–Crippen MR) is 146 cm³/mol. The Bertz CT molecular complexity index is 1100. The lowest BCUT2D eigenvalue weighted by atomic mass is 9.59. The van der Waals surface area contributed by atoms with E-state index in [0.29, 0.717) is 18.2 Å². The topological polar surface area (TPSA) is 101 Å². The summed E-state index contributed by atoms with van der Waals surface area (Å²) in [4.78, 5) is 11.5. The first-order chi connectivity index (χ1) is 17.1. The van der Waals surface area contributed by atoms with Crippen molar-refractivity contribution < 1.29 is 14.6 Å². The molecule has 0 saturated carbocycles. The number of hydrogen-bond acceptors (Lipinski definition) is 5. The molecule has 0 fully saturated rings. The van der Waals surface area contributed by atoms with E-state index in [-0.39, 0.29) is 17.3 Å². The minimum Gasteiger partial charge on any atom is -0.489 e. The molecule has 7 nitrogen and oxygen atoms in total. The van der Waals surface area contributed by atoms with Crippen molar-refractivity contribution in [3.8, 4) is 5.75 Å². The van der Waals surface area contributed by atoms with E-state index in [4.69, 9.17) is 10.6 Å². The first-order valence-corrected chi connectivity index (χ1v) is 12.7. The van der Waals surface area contributed by atoms with Gasteiger partial charge >= 0.3 is 5.97 Å². The van der Waals surface area contributed by atoms with Crippen molar-refractivity contribution in [3.63, 3.8) is 0 Å². The number of carboxylic acids is 1. The third-order valence-electron chi connectivity index (χ3n) is 7.88. The predicted octanol–water partition coefficient (Wildman–Crippen LogP) is 5.77. The lowest BCUT2D eigenvalue weighted by molar-refractivity contribution is -0.137. The molecule has 1 atom stereocenters. The molecule has 1 aliphatic rings. The van der Waals surface area contributed by atoms with Crippen LogP contribution in [0.3, 0.4) is 0 Å². The lowest BCUT2D eigenvalue weighted by Crippen LogP contribution is -2.38. The first kappa shape index (κ1) is 27.4. The van der Waals surface area contributed by atoms with Crippen LogP contribution >= 0.6 is 0 Å². The molecule has 194 valence electrons. The van der Waals surface area contributed by atoms with Crippen molar-refractivity contribution >= 4 is 18.5 Å². The van der Waals surface area contributed by atoms with Gasteiger partial charge in [-0.25, -0.2) is 5.84 Å². The number of nitrogens with zero attached hydrogens (tertiary/aromatic N) is 3. The standard InChI is InChI=1S/C29H40N4O3/c1-7-29(8-2)16-15-28(3,4)24-14-9-20(17-25(24)29)19-36-22-12-10-21(11-13-22)23(18-26(34)35)27(32-31-5)33(6)30/h9-14,17,23H,5,7-8,15-16,18-19,30H2,1-4,6H3,(H,34,35)/b32-27-/t23-/m0/s1. The monoisotopic (exact) mass is 492 g/mol.